The van der Waals surface area contributed by atoms with Gasteiger partial charge in [-0.15, -0.1) is 0 Å². The van der Waals surface area contributed by atoms with E-state index >= 15 is 0 Å². The van der Waals surface area contributed by atoms with Crippen molar-refractivity contribution in [3.8, 4) is 11.3 Å². The summed E-state index contributed by atoms with van der Waals surface area (Å²) in [7, 11) is 0. The van der Waals surface area contributed by atoms with E-state index in [-0.39, 0.29) is 0 Å². The first-order valence-electron chi connectivity index (χ1n) is 6.09. The Balaban J connectivity index is 2.14. The molecule has 1 aromatic carbocycles. The van der Waals surface area contributed by atoms with Gasteiger partial charge in [0.2, 0.25) is 5.95 Å². The summed E-state index contributed by atoms with van der Waals surface area (Å²) in [5.74, 6) is 0.941. The molecule has 0 spiro atoms. The number of nitrogens with zero attached hydrogens (tertiary/aromatic N) is 2. The van der Waals surface area contributed by atoms with Gasteiger partial charge >= 0.3 is 0 Å². The summed E-state index contributed by atoms with van der Waals surface area (Å²) < 4.78 is 3.25. The van der Waals surface area contributed by atoms with Crippen LogP contribution in [-0.2, 0) is 13.1 Å². The van der Waals surface area contributed by atoms with E-state index in [1.807, 2.05) is 12.1 Å². The minimum atomic E-state index is 0.510. The molecule has 0 saturated carbocycles. The molecule has 0 fully saturated rings. The Morgan fingerprint density at radius 3 is 3.11 bits per heavy atom. The first-order chi connectivity index (χ1) is 8.79. The van der Waals surface area contributed by atoms with E-state index in [1.54, 1.807) is 0 Å². The zero-order chi connectivity index (χ0) is 12.5. The van der Waals surface area contributed by atoms with Crippen LogP contribution in [0.5, 0.6) is 0 Å². The Bertz CT molecular complexity index is 576. The van der Waals surface area contributed by atoms with Gasteiger partial charge in [0.15, 0.2) is 0 Å². The van der Waals surface area contributed by atoms with Crippen molar-refractivity contribution in [3.05, 3.63) is 34.4 Å². The molecular formula is C13H15BrN4. The lowest BCUT2D eigenvalue weighted by atomic mass is 10.1. The summed E-state index contributed by atoms with van der Waals surface area (Å²) in [4.78, 5) is 4.68. The Labute approximate surface area is 114 Å². The lowest BCUT2D eigenvalue weighted by molar-refractivity contribution is 0.604. The van der Waals surface area contributed by atoms with Crippen LogP contribution in [0.15, 0.2) is 28.7 Å². The number of rotatable bonds is 2. The molecule has 0 unspecified atom stereocenters. The minimum absolute atomic E-state index is 0.510. The van der Waals surface area contributed by atoms with Crippen LogP contribution >= 0.6 is 15.9 Å². The number of anilines is 1. The van der Waals surface area contributed by atoms with Gasteiger partial charge in [0.25, 0.3) is 0 Å². The number of nitrogens with one attached hydrogen (secondary N) is 1. The smallest absolute Gasteiger partial charge is 0.203 e. The van der Waals surface area contributed by atoms with Crippen molar-refractivity contribution in [3.63, 3.8) is 0 Å². The third kappa shape index (κ3) is 1.93. The third-order valence-corrected chi connectivity index (χ3v) is 3.70. The lowest BCUT2D eigenvalue weighted by Gasteiger charge is -2.17. The number of aromatic nitrogens is 2. The molecule has 18 heavy (non-hydrogen) atoms. The Morgan fingerprint density at radius 1 is 1.44 bits per heavy atom. The van der Waals surface area contributed by atoms with Crippen LogP contribution in [0.25, 0.3) is 11.3 Å². The molecule has 0 atom stereocenters. The molecule has 0 aliphatic carbocycles. The molecule has 1 aliphatic rings. The number of imidazole rings is 1. The Morgan fingerprint density at radius 2 is 2.33 bits per heavy atom. The number of halogens is 1. The quantitative estimate of drug-likeness (QED) is 0.896. The van der Waals surface area contributed by atoms with Gasteiger partial charge in [0, 0.05) is 29.7 Å². The van der Waals surface area contributed by atoms with E-state index in [9.17, 15) is 0 Å². The molecule has 0 amide bonds. The number of nitrogens with two attached hydrogens (primary N) is 1. The SMILES string of the molecule is NCc1c(-c2cccc(Br)c2)nc2n1CCCN2. The number of benzene rings is 1. The van der Waals surface area contributed by atoms with Crippen LogP contribution in [0, 0.1) is 0 Å². The molecular weight excluding hydrogens is 292 g/mol. The predicted molar refractivity (Wildman–Crippen MR) is 76.4 cm³/mol. The fourth-order valence-electron chi connectivity index (χ4n) is 2.37. The molecule has 94 valence electrons. The van der Waals surface area contributed by atoms with E-state index in [0.29, 0.717) is 6.54 Å². The van der Waals surface area contributed by atoms with Gasteiger partial charge in [-0.25, -0.2) is 4.98 Å². The normalized spacial score (nSPS) is 14.1. The van der Waals surface area contributed by atoms with Gasteiger partial charge in [0.1, 0.15) is 0 Å². The van der Waals surface area contributed by atoms with E-state index in [4.69, 9.17) is 5.73 Å². The molecule has 3 rings (SSSR count). The van der Waals surface area contributed by atoms with E-state index in [2.05, 4.69) is 42.9 Å². The fraction of sp³-hybridized carbons (Fsp3) is 0.308. The fourth-order valence-corrected chi connectivity index (χ4v) is 2.77. The first kappa shape index (κ1) is 11.7. The van der Waals surface area contributed by atoms with Crippen molar-refractivity contribution in [2.75, 3.05) is 11.9 Å². The topological polar surface area (TPSA) is 55.9 Å². The monoisotopic (exact) mass is 306 g/mol. The molecule has 0 saturated heterocycles. The molecule has 1 aromatic heterocycles. The molecule has 3 N–H and O–H groups in total. The van der Waals surface area contributed by atoms with Crippen molar-refractivity contribution in [1.82, 2.24) is 9.55 Å². The summed E-state index contributed by atoms with van der Waals surface area (Å²) >= 11 is 3.50. The van der Waals surface area contributed by atoms with Crippen molar-refractivity contribution < 1.29 is 0 Å². The summed E-state index contributed by atoms with van der Waals surface area (Å²) in [6, 6.07) is 8.18. The van der Waals surface area contributed by atoms with Gasteiger partial charge in [-0.3, -0.25) is 0 Å². The number of hydrogen-bond donors (Lipinski definition) is 2. The highest BCUT2D eigenvalue weighted by Crippen LogP contribution is 2.29. The summed E-state index contributed by atoms with van der Waals surface area (Å²) in [6.07, 6.45) is 1.12. The maximum absolute atomic E-state index is 5.89. The Kier molecular flexibility index (Phi) is 3.09. The highest BCUT2D eigenvalue weighted by atomic mass is 79.9. The second-order valence-corrected chi connectivity index (χ2v) is 5.29. The highest BCUT2D eigenvalue weighted by Gasteiger charge is 2.19. The second kappa shape index (κ2) is 4.74. The van der Waals surface area contributed by atoms with Crippen molar-refractivity contribution >= 4 is 21.9 Å². The van der Waals surface area contributed by atoms with E-state index < -0.39 is 0 Å². The van der Waals surface area contributed by atoms with Crippen LogP contribution in [0.3, 0.4) is 0 Å². The summed E-state index contributed by atoms with van der Waals surface area (Å²) in [5.41, 5.74) is 9.10. The molecule has 0 radical (unpaired) electrons. The Hall–Kier alpha value is -1.33. The zero-order valence-electron chi connectivity index (χ0n) is 9.99. The van der Waals surface area contributed by atoms with Gasteiger partial charge in [-0.1, -0.05) is 28.1 Å². The molecule has 2 aromatic rings. The zero-order valence-corrected chi connectivity index (χ0v) is 11.6. The number of fused-ring (bicyclic) bond motifs is 1. The average molecular weight is 307 g/mol. The molecule has 0 bridgehead atoms. The number of hydrogen-bond acceptors (Lipinski definition) is 3. The predicted octanol–water partition coefficient (Wildman–Crippen LogP) is 2.59. The van der Waals surface area contributed by atoms with Crippen molar-refractivity contribution in [2.45, 2.75) is 19.5 Å². The second-order valence-electron chi connectivity index (χ2n) is 4.38. The molecule has 4 nitrogen and oxygen atoms in total. The van der Waals surface area contributed by atoms with Crippen molar-refractivity contribution in [2.24, 2.45) is 5.73 Å². The van der Waals surface area contributed by atoms with Gasteiger partial charge in [0.05, 0.1) is 11.4 Å². The van der Waals surface area contributed by atoms with Crippen LogP contribution in [-0.4, -0.2) is 16.1 Å². The maximum Gasteiger partial charge on any atom is 0.203 e. The lowest BCUT2D eigenvalue weighted by Crippen LogP contribution is -2.19. The minimum Gasteiger partial charge on any atom is -0.356 e. The van der Waals surface area contributed by atoms with Crippen LogP contribution in [0.2, 0.25) is 0 Å². The van der Waals surface area contributed by atoms with Gasteiger partial charge in [-0.05, 0) is 18.6 Å². The first-order valence-corrected chi connectivity index (χ1v) is 6.88. The van der Waals surface area contributed by atoms with E-state index in [1.165, 1.54) is 0 Å². The van der Waals surface area contributed by atoms with Crippen molar-refractivity contribution in [1.29, 1.82) is 0 Å². The molecule has 5 heteroatoms. The molecule has 1 aliphatic heterocycles. The van der Waals surface area contributed by atoms with Crippen LogP contribution < -0.4 is 11.1 Å². The highest BCUT2D eigenvalue weighted by molar-refractivity contribution is 9.10. The summed E-state index contributed by atoms with van der Waals surface area (Å²) in [6.45, 7) is 2.49. The average Bonchev–Trinajstić information content (AvgIpc) is 2.77. The van der Waals surface area contributed by atoms with Gasteiger partial charge in [-0.2, -0.15) is 0 Å². The molecule has 2 heterocycles. The standard InChI is InChI=1S/C13H15BrN4/c14-10-4-1-3-9(7-10)12-11(8-15)18-6-2-5-16-13(18)17-12/h1,3-4,7H,2,5-6,8,15H2,(H,16,17). The third-order valence-electron chi connectivity index (χ3n) is 3.21. The maximum atomic E-state index is 5.89. The van der Waals surface area contributed by atoms with Gasteiger partial charge < -0.3 is 15.6 Å². The van der Waals surface area contributed by atoms with Crippen LogP contribution in [0.4, 0.5) is 5.95 Å². The van der Waals surface area contributed by atoms with Crippen LogP contribution in [0.1, 0.15) is 12.1 Å². The summed E-state index contributed by atoms with van der Waals surface area (Å²) in [5, 5.41) is 3.33. The largest absolute Gasteiger partial charge is 0.356 e. The van der Waals surface area contributed by atoms with E-state index in [0.717, 1.165) is 46.9 Å².